The average Bonchev–Trinajstić information content (AvgIpc) is 2.37. The van der Waals surface area contributed by atoms with Crippen molar-refractivity contribution in [3.8, 4) is 0 Å². The highest BCUT2D eigenvalue weighted by Crippen LogP contribution is 2.16. The zero-order valence-corrected chi connectivity index (χ0v) is 13.3. The SMILES string of the molecule is CCCCCC(C)NS(=O)(=O)CCC1CCNCC1. The van der Waals surface area contributed by atoms with Crippen LogP contribution in [0.1, 0.15) is 58.8 Å². The number of unbranched alkanes of at least 4 members (excludes halogenated alkanes) is 2. The molecule has 1 aliphatic heterocycles. The van der Waals surface area contributed by atoms with Gasteiger partial charge in [0.05, 0.1) is 5.75 Å². The fourth-order valence-electron chi connectivity index (χ4n) is 2.62. The Morgan fingerprint density at radius 3 is 2.58 bits per heavy atom. The second-order valence-electron chi connectivity index (χ2n) is 5.82. The van der Waals surface area contributed by atoms with Crippen molar-refractivity contribution in [2.45, 2.75) is 64.8 Å². The molecule has 2 N–H and O–H groups in total. The molecule has 4 nitrogen and oxygen atoms in total. The van der Waals surface area contributed by atoms with Crippen LogP contribution in [0.15, 0.2) is 0 Å². The van der Waals surface area contributed by atoms with Crippen LogP contribution < -0.4 is 10.0 Å². The van der Waals surface area contributed by atoms with E-state index in [2.05, 4.69) is 17.0 Å². The molecule has 0 amide bonds. The summed E-state index contributed by atoms with van der Waals surface area (Å²) in [6.07, 6.45) is 7.44. The molecule has 0 bridgehead atoms. The van der Waals surface area contributed by atoms with E-state index in [1.807, 2.05) is 6.92 Å². The van der Waals surface area contributed by atoms with E-state index < -0.39 is 10.0 Å². The zero-order chi connectivity index (χ0) is 14.1. The van der Waals surface area contributed by atoms with Gasteiger partial charge in [-0.2, -0.15) is 0 Å². The van der Waals surface area contributed by atoms with E-state index >= 15 is 0 Å². The topological polar surface area (TPSA) is 58.2 Å². The highest BCUT2D eigenvalue weighted by molar-refractivity contribution is 7.89. The van der Waals surface area contributed by atoms with Gasteiger partial charge in [-0.25, -0.2) is 13.1 Å². The van der Waals surface area contributed by atoms with Crippen molar-refractivity contribution in [3.05, 3.63) is 0 Å². The number of rotatable bonds is 9. The first-order valence-corrected chi connectivity index (χ1v) is 9.39. The smallest absolute Gasteiger partial charge is 0.211 e. The Kier molecular flexibility index (Phi) is 7.95. The summed E-state index contributed by atoms with van der Waals surface area (Å²) in [6.45, 7) is 6.20. The van der Waals surface area contributed by atoms with Gasteiger partial charge >= 0.3 is 0 Å². The Morgan fingerprint density at radius 2 is 1.95 bits per heavy atom. The third kappa shape index (κ3) is 7.90. The summed E-state index contributed by atoms with van der Waals surface area (Å²) < 4.78 is 26.8. The molecule has 0 radical (unpaired) electrons. The van der Waals surface area contributed by atoms with Crippen molar-refractivity contribution >= 4 is 10.0 Å². The Balaban J connectivity index is 2.22. The molecular formula is C14H30N2O2S. The van der Waals surface area contributed by atoms with Crippen LogP contribution in [0.3, 0.4) is 0 Å². The number of piperidine rings is 1. The monoisotopic (exact) mass is 290 g/mol. The Labute approximate surface area is 118 Å². The summed E-state index contributed by atoms with van der Waals surface area (Å²) >= 11 is 0. The van der Waals surface area contributed by atoms with Crippen molar-refractivity contribution in [3.63, 3.8) is 0 Å². The number of hydrogen-bond donors (Lipinski definition) is 2. The molecule has 0 spiro atoms. The van der Waals surface area contributed by atoms with Gasteiger partial charge in [-0.05, 0) is 51.6 Å². The lowest BCUT2D eigenvalue weighted by Crippen LogP contribution is -2.36. The second-order valence-corrected chi connectivity index (χ2v) is 7.69. The maximum atomic E-state index is 12.0. The van der Waals surface area contributed by atoms with Crippen molar-refractivity contribution in [1.82, 2.24) is 10.0 Å². The van der Waals surface area contributed by atoms with E-state index in [1.165, 1.54) is 12.8 Å². The third-order valence-electron chi connectivity index (χ3n) is 3.87. The zero-order valence-electron chi connectivity index (χ0n) is 12.5. The summed E-state index contributed by atoms with van der Waals surface area (Å²) in [5, 5.41) is 3.31. The molecule has 0 aromatic carbocycles. The summed E-state index contributed by atoms with van der Waals surface area (Å²) in [7, 11) is -3.09. The van der Waals surface area contributed by atoms with E-state index in [0.29, 0.717) is 5.92 Å². The van der Waals surface area contributed by atoms with Crippen LogP contribution in [0.5, 0.6) is 0 Å². The normalized spacial score (nSPS) is 19.5. The van der Waals surface area contributed by atoms with Crippen molar-refractivity contribution < 1.29 is 8.42 Å². The third-order valence-corrected chi connectivity index (χ3v) is 5.41. The summed E-state index contributed by atoms with van der Waals surface area (Å²) in [5.74, 6) is 0.865. The predicted molar refractivity (Wildman–Crippen MR) is 80.7 cm³/mol. The van der Waals surface area contributed by atoms with Crippen LogP contribution in [-0.4, -0.2) is 33.3 Å². The molecule has 1 atom stereocenters. The first-order chi connectivity index (χ1) is 9.03. The fourth-order valence-corrected chi connectivity index (χ4v) is 4.11. The van der Waals surface area contributed by atoms with Gasteiger partial charge in [0.15, 0.2) is 0 Å². The molecule has 5 heteroatoms. The molecule has 0 aliphatic carbocycles. The van der Waals surface area contributed by atoms with Crippen LogP contribution in [0, 0.1) is 5.92 Å². The van der Waals surface area contributed by atoms with Crippen LogP contribution in [-0.2, 0) is 10.0 Å². The molecule has 1 saturated heterocycles. The minimum atomic E-state index is -3.09. The first-order valence-electron chi connectivity index (χ1n) is 7.74. The minimum absolute atomic E-state index is 0.0737. The highest BCUT2D eigenvalue weighted by Gasteiger charge is 2.19. The predicted octanol–water partition coefficient (Wildman–Crippen LogP) is 2.26. The minimum Gasteiger partial charge on any atom is -0.317 e. The Morgan fingerprint density at radius 1 is 1.26 bits per heavy atom. The van der Waals surface area contributed by atoms with E-state index in [4.69, 9.17) is 0 Å². The summed E-state index contributed by atoms with van der Waals surface area (Å²) in [4.78, 5) is 0. The van der Waals surface area contributed by atoms with E-state index in [-0.39, 0.29) is 11.8 Å². The maximum Gasteiger partial charge on any atom is 0.211 e. The maximum absolute atomic E-state index is 12.0. The number of sulfonamides is 1. The summed E-state index contributed by atoms with van der Waals surface area (Å²) in [6, 6.07) is 0.0737. The van der Waals surface area contributed by atoms with Gasteiger partial charge in [-0.15, -0.1) is 0 Å². The highest BCUT2D eigenvalue weighted by atomic mass is 32.2. The molecule has 114 valence electrons. The molecule has 1 rings (SSSR count). The van der Waals surface area contributed by atoms with Crippen molar-refractivity contribution in [2.75, 3.05) is 18.8 Å². The Bertz CT molecular complexity index is 324. The van der Waals surface area contributed by atoms with Gasteiger partial charge in [0.1, 0.15) is 0 Å². The van der Waals surface area contributed by atoms with E-state index in [9.17, 15) is 8.42 Å². The molecule has 0 saturated carbocycles. The molecule has 1 heterocycles. The van der Waals surface area contributed by atoms with Gasteiger partial charge in [0.25, 0.3) is 0 Å². The quantitative estimate of drug-likeness (QED) is 0.640. The summed E-state index contributed by atoms with van der Waals surface area (Å²) in [5.41, 5.74) is 0. The van der Waals surface area contributed by atoms with E-state index in [1.54, 1.807) is 0 Å². The molecule has 0 aromatic heterocycles. The number of nitrogens with one attached hydrogen (secondary N) is 2. The van der Waals surface area contributed by atoms with Gasteiger partial charge in [0.2, 0.25) is 10.0 Å². The van der Waals surface area contributed by atoms with Crippen LogP contribution in [0.25, 0.3) is 0 Å². The van der Waals surface area contributed by atoms with E-state index in [0.717, 1.165) is 45.2 Å². The molecule has 0 aromatic rings. The molecule has 1 unspecified atom stereocenters. The number of hydrogen-bond acceptors (Lipinski definition) is 3. The molecular weight excluding hydrogens is 260 g/mol. The van der Waals surface area contributed by atoms with Crippen molar-refractivity contribution in [2.24, 2.45) is 5.92 Å². The van der Waals surface area contributed by atoms with Gasteiger partial charge < -0.3 is 5.32 Å². The lowest BCUT2D eigenvalue weighted by molar-refractivity contribution is 0.364. The lowest BCUT2D eigenvalue weighted by atomic mass is 9.96. The largest absolute Gasteiger partial charge is 0.317 e. The fraction of sp³-hybridized carbons (Fsp3) is 1.00. The van der Waals surface area contributed by atoms with Crippen LogP contribution in [0.4, 0.5) is 0 Å². The second kappa shape index (κ2) is 8.93. The molecule has 19 heavy (non-hydrogen) atoms. The first kappa shape index (κ1) is 16.9. The molecule has 1 aliphatic rings. The standard InChI is InChI=1S/C14H30N2O2S/c1-3-4-5-6-13(2)16-19(17,18)12-9-14-7-10-15-11-8-14/h13-16H,3-12H2,1-2H3. The van der Waals surface area contributed by atoms with Gasteiger partial charge in [-0.3, -0.25) is 0 Å². The average molecular weight is 290 g/mol. The van der Waals surface area contributed by atoms with Crippen LogP contribution in [0.2, 0.25) is 0 Å². The van der Waals surface area contributed by atoms with Crippen molar-refractivity contribution in [1.29, 1.82) is 0 Å². The lowest BCUT2D eigenvalue weighted by Gasteiger charge is -2.22. The van der Waals surface area contributed by atoms with Crippen LogP contribution >= 0.6 is 0 Å². The Hall–Kier alpha value is -0.130. The van der Waals surface area contributed by atoms with Gasteiger partial charge in [0, 0.05) is 6.04 Å². The van der Waals surface area contributed by atoms with Gasteiger partial charge in [-0.1, -0.05) is 26.2 Å². The molecule has 1 fully saturated rings.